The van der Waals surface area contributed by atoms with E-state index in [-0.39, 0.29) is 11.9 Å². The van der Waals surface area contributed by atoms with Crippen LogP contribution in [0.5, 0.6) is 0 Å². The number of aromatic amines is 1. The van der Waals surface area contributed by atoms with Gasteiger partial charge in [-0.15, -0.1) is 0 Å². The number of H-pyrrole nitrogens is 1. The summed E-state index contributed by atoms with van der Waals surface area (Å²) in [6, 6.07) is 12.4. The first-order valence-electron chi connectivity index (χ1n) is 8.79. The lowest BCUT2D eigenvalue weighted by Gasteiger charge is -2.36. The summed E-state index contributed by atoms with van der Waals surface area (Å²) in [6.07, 6.45) is 2.69. The first kappa shape index (κ1) is 16.4. The maximum absolute atomic E-state index is 11.5. The third kappa shape index (κ3) is 3.22. The molecular weight excluding hydrogens is 328 g/mol. The van der Waals surface area contributed by atoms with Gasteiger partial charge in [-0.1, -0.05) is 18.2 Å². The number of carbonyl (C=O) groups is 1. The number of para-hydroxylation sites is 1. The van der Waals surface area contributed by atoms with E-state index in [0.717, 1.165) is 35.7 Å². The van der Waals surface area contributed by atoms with Gasteiger partial charge in [0, 0.05) is 31.3 Å². The largest absolute Gasteiger partial charge is 0.460 e. The number of carbonyl (C=O) groups excluding carboxylic acids is 1. The molecule has 0 saturated heterocycles. The molecule has 0 fully saturated rings. The molecule has 4 rings (SSSR count). The summed E-state index contributed by atoms with van der Waals surface area (Å²) >= 11 is 0. The SMILES string of the molecule is CC(=O)NC1Cc2ccccc2N(Cc2cn[nH]c2-c2ccc(C)o2)C1. The number of fused-ring (bicyclic) bond motifs is 1. The Kier molecular flexibility index (Phi) is 4.24. The number of furan rings is 1. The number of rotatable bonds is 4. The fourth-order valence-corrected chi connectivity index (χ4v) is 3.64. The van der Waals surface area contributed by atoms with Crippen LogP contribution in [0.15, 0.2) is 47.0 Å². The summed E-state index contributed by atoms with van der Waals surface area (Å²) in [6.45, 7) is 4.95. The Morgan fingerprint density at radius 3 is 2.96 bits per heavy atom. The summed E-state index contributed by atoms with van der Waals surface area (Å²) < 4.78 is 5.75. The molecule has 1 atom stereocenters. The number of aromatic nitrogens is 2. The maximum Gasteiger partial charge on any atom is 0.217 e. The molecule has 0 aliphatic carbocycles. The molecule has 1 amide bonds. The van der Waals surface area contributed by atoms with Gasteiger partial charge in [-0.05, 0) is 37.1 Å². The van der Waals surface area contributed by atoms with E-state index < -0.39 is 0 Å². The minimum absolute atomic E-state index is 0.00407. The topological polar surface area (TPSA) is 74.2 Å². The highest BCUT2D eigenvalue weighted by molar-refractivity contribution is 5.73. The van der Waals surface area contributed by atoms with Gasteiger partial charge >= 0.3 is 0 Å². The Hall–Kier alpha value is -3.02. The zero-order valence-electron chi connectivity index (χ0n) is 15.0. The van der Waals surface area contributed by atoms with Crippen molar-refractivity contribution in [3.05, 3.63) is 59.5 Å². The van der Waals surface area contributed by atoms with Gasteiger partial charge in [0.15, 0.2) is 5.76 Å². The number of aryl methyl sites for hydroxylation is 1. The first-order chi connectivity index (χ1) is 12.6. The van der Waals surface area contributed by atoms with Gasteiger partial charge in [-0.3, -0.25) is 9.89 Å². The zero-order chi connectivity index (χ0) is 18.1. The van der Waals surface area contributed by atoms with Crippen molar-refractivity contribution in [1.29, 1.82) is 0 Å². The second kappa shape index (κ2) is 6.71. The lowest BCUT2D eigenvalue weighted by Crippen LogP contribution is -2.47. The molecule has 3 heterocycles. The number of nitrogens with zero attached hydrogens (tertiary/aromatic N) is 2. The maximum atomic E-state index is 11.5. The van der Waals surface area contributed by atoms with Crippen molar-refractivity contribution >= 4 is 11.6 Å². The van der Waals surface area contributed by atoms with Crippen LogP contribution in [0.1, 0.15) is 23.8 Å². The molecular formula is C20H22N4O2. The molecule has 2 aromatic heterocycles. The van der Waals surface area contributed by atoms with E-state index in [9.17, 15) is 4.79 Å². The van der Waals surface area contributed by atoms with E-state index in [1.54, 1.807) is 6.92 Å². The molecule has 0 bridgehead atoms. The number of nitrogens with one attached hydrogen (secondary N) is 2. The molecule has 6 heteroatoms. The van der Waals surface area contributed by atoms with Crippen LogP contribution in [0.2, 0.25) is 0 Å². The lowest BCUT2D eigenvalue weighted by molar-refractivity contribution is -0.119. The number of amides is 1. The van der Waals surface area contributed by atoms with Crippen molar-refractivity contribution in [2.75, 3.05) is 11.4 Å². The smallest absolute Gasteiger partial charge is 0.217 e. The van der Waals surface area contributed by atoms with Gasteiger partial charge in [0.25, 0.3) is 0 Å². The second-order valence-electron chi connectivity index (χ2n) is 6.79. The Bertz CT molecular complexity index is 927. The van der Waals surface area contributed by atoms with Crippen LogP contribution in [-0.2, 0) is 17.8 Å². The van der Waals surface area contributed by atoms with Crippen LogP contribution >= 0.6 is 0 Å². The molecule has 3 aromatic rings. The Labute approximate surface area is 152 Å². The summed E-state index contributed by atoms with van der Waals surface area (Å²) in [7, 11) is 0. The standard InChI is InChI=1S/C20H22N4O2/c1-13-7-8-19(26-13)20-16(10-21-23-20)11-24-12-17(22-14(2)25)9-15-5-3-4-6-18(15)24/h3-8,10,17H,9,11-12H2,1-2H3,(H,21,23)(H,22,25). The number of benzene rings is 1. The highest BCUT2D eigenvalue weighted by atomic mass is 16.3. The van der Waals surface area contributed by atoms with Crippen molar-refractivity contribution in [2.45, 2.75) is 32.9 Å². The average molecular weight is 350 g/mol. The average Bonchev–Trinajstić information content (AvgIpc) is 3.23. The quantitative estimate of drug-likeness (QED) is 0.758. The van der Waals surface area contributed by atoms with Gasteiger partial charge in [-0.25, -0.2) is 0 Å². The summed E-state index contributed by atoms with van der Waals surface area (Å²) in [5.41, 5.74) is 4.42. The summed E-state index contributed by atoms with van der Waals surface area (Å²) in [4.78, 5) is 13.8. The third-order valence-electron chi connectivity index (χ3n) is 4.71. The number of anilines is 1. The Morgan fingerprint density at radius 1 is 1.35 bits per heavy atom. The van der Waals surface area contributed by atoms with Crippen molar-refractivity contribution in [3.8, 4) is 11.5 Å². The predicted molar refractivity (Wildman–Crippen MR) is 99.8 cm³/mol. The third-order valence-corrected chi connectivity index (χ3v) is 4.71. The van der Waals surface area contributed by atoms with Gasteiger partial charge in [0.1, 0.15) is 11.5 Å². The molecule has 0 saturated carbocycles. The molecule has 1 aromatic carbocycles. The summed E-state index contributed by atoms with van der Waals surface area (Å²) in [5.74, 6) is 1.66. The second-order valence-corrected chi connectivity index (χ2v) is 6.79. The molecule has 0 spiro atoms. The van der Waals surface area contributed by atoms with Crippen LogP contribution in [0.3, 0.4) is 0 Å². The molecule has 26 heavy (non-hydrogen) atoms. The minimum atomic E-state index is 0.00407. The highest BCUT2D eigenvalue weighted by Gasteiger charge is 2.26. The van der Waals surface area contributed by atoms with Crippen LogP contribution in [-0.4, -0.2) is 28.7 Å². The molecule has 2 N–H and O–H groups in total. The van der Waals surface area contributed by atoms with E-state index in [2.05, 4.69) is 38.6 Å². The minimum Gasteiger partial charge on any atom is -0.460 e. The predicted octanol–water partition coefficient (Wildman–Crippen LogP) is 3.05. The van der Waals surface area contributed by atoms with Crippen LogP contribution in [0.4, 0.5) is 5.69 Å². The van der Waals surface area contributed by atoms with Gasteiger partial charge in [0.2, 0.25) is 5.91 Å². The van der Waals surface area contributed by atoms with E-state index in [1.165, 1.54) is 11.3 Å². The molecule has 0 radical (unpaired) electrons. The van der Waals surface area contributed by atoms with Crippen LogP contribution in [0.25, 0.3) is 11.5 Å². The van der Waals surface area contributed by atoms with Gasteiger partial charge in [0.05, 0.1) is 12.2 Å². The van der Waals surface area contributed by atoms with Crippen LogP contribution < -0.4 is 10.2 Å². The van der Waals surface area contributed by atoms with Gasteiger partial charge < -0.3 is 14.6 Å². The number of hydrogen-bond acceptors (Lipinski definition) is 4. The van der Waals surface area contributed by atoms with Crippen molar-refractivity contribution in [2.24, 2.45) is 0 Å². The van der Waals surface area contributed by atoms with Gasteiger partial charge in [-0.2, -0.15) is 5.10 Å². The summed E-state index contributed by atoms with van der Waals surface area (Å²) in [5, 5.41) is 10.3. The number of hydrogen-bond donors (Lipinski definition) is 2. The van der Waals surface area contributed by atoms with Crippen molar-refractivity contribution in [1.82, 2.24) is 15.5 Å². The lowest BCUT2D eigenvalue weighted by atomic mass is 9.97. The van der Waals surface area contributed by atoms with Crippen molar-refractivity contribution < 1.29 is 9.21 Å². The molecule has 1 unspecified atom stereocenters. The Balaban J connectivity index is 1.63. The molecule has 6 nitrogen and oxygen atoms in total. The fraction of sp³-hybridized carbons (Fsp3) is 0.300. The van der Waals surface area contributed by atoms with Crippen molar-refractivity contribution in [3.63, 3.8) is 0 Å². The fourth-order valence-electron chi connectivity index (χ4n) is 3.64. The van der Waals surface area contributed by atoms with E-state index in [0.29, 0.717) is 6.54 Å². The first-order valence-corrected chi connectivity index (χ1v) is 8.79. The normalized spacial score (nSPS) is 16.4. The molecule has 1 aliphatic heterocycles. The molecule has 134 valence electrons. The van der Waals surface area contributed by atoms with E-state index in [4.69, 9.17) is 4.42 Å². The Morgan fingerprint density at radius 2 is 2.19 bits per heavy atom. The van der Waals surface area contributed by atoms with E-state index in [1.807, 2.05) is 31.3 Å². The zero-order valence-corrected chi connectivity index (χ0v) is 15.0. The monoisotopic (exact) mass is 350 g/mol. The highest BCUT2D eigenvalue weighted by Crippen LogP contribution is 2.31. The molecule has 1 aliphatic rings. The van der Waals surface area contributed by atoms with E-state index >= 15 is 0 Å². The van der Waals surface area contributed by atoms with Crippen LogP contribution in [0, 0.1) is 6.92 Å².